The van der Waals surface area contributed by atoms with Gasteiger partial charge in [0.1, 0.15) is 11.4 Å². The lowest BCUT2D eigenvalue weighted by Crippen LogP contribution is -2.60. The highest BCUT2D eigenvalue weighted by Crippen LogP contribution is 2.63. The average Bonchev–Trinajstić information content (AvgIpc) is 3.20. The first-order valence-corrected chi connectivity index (χ1v) is 12.4. The van der Waals surface area contributed by atoms with E-state index in [1.807, 2.05) is 22.9 Å². The smallest absolute Gasteiger partial charge is 0.256 e. The molecule has 1 spiro atoms. The molecule has 5 aliphatic rings. The van der Waals surface area contributed by atoms with E-state index in [0.717, 1.165) is 42.6 Å². The van der Waals surface area contributed by atoms with Crippen molar-refractivity contribution in [1.82, 2.24) is 15.1 Å². The van der Waals surface area contributed by atoms with E-state index in [0.29, 0.717) is 23.1 Å². The molecule has 0 aliphatic heterocycles. The molecule has 1 heterocycles. The normalized spacial score (nSPS) is 32.2. The highest BCUT2D eigenvalue weighted by atomic mass is 16.1. The summed E-state index contributed by atoms with van der Waals surface area (Å²) in [4.78, 5) is 13.5. The zero-order valence-electron chi connectivity index (χ0n) is 18.4. The first-order valence-electron chi connectivity index (χ1n) is 12.4. The van der Waals surface area contributed by atoms with E-state index in [4.69, 9.17) is 0 Å². The van der Waals surface area contributed by atoms with Crippen LogP contribution in [0.3, 0.4) is 0 Å². The molecule has 7 rings (SSSR count). The van der Waals surface area contributed by atoms with Crippen molar-refractivity contribution in [2.75, 3.05) is 5.32 Å². The molecule has 31 heavy (non-hydrogen) atoms. The van der Waals surface area contributed by atoms with Crippen LogP contribution in [0.2, 0.25) is 0 Å². The zero-order chi connectivity index (χ0) is 20.8. The largest absolute Gasteiger partial charge is 0.367 e. The molecule has 5 fully saturated rings. The third-order valence-corrected chi connectivity index (χ3v) is 8.62. The van der Waals surface area contributed by atoms with Gasteiger partial charge in [-0.25, -0.2) is 4.68 Å². The summed E-state index contributed by atoms with van der Waals surface area (Å²) >= 11 is 0. The molecule has 1 amide bonds. The number of hydrogen-bond donors (Lipinski definition) is 2. The van der Waals surface area contributed by atoms with Gasteiger partial charge in [0.15, 0.2) is 0 Å². The summed E-state index contributed by atoms with van der Waals surface area (Å²) in [5, 5.41) is 11.8. The maximum absolute atomic E-state index is 13.5. The quantitative estimate of drug-likeness (QED) is 0.691. The number of para-hydroxylation sites is 1. The van der Waals surface area contributed by atoms with Crippen LogP contribution in [0.4, 0.5) is 5.82 Å². The van der Waals surface area contributed by atoms with Gasteiger partial charge in [-0.15, -0.1) is 0 Å². The van der Waals surface area contributed by atoms with Gasteiger partial charge in [0.2, 0.25) is 0 Å². The van der Waals surface area contributed by atoms with E-state index in [9.17, 15) is 4.79 Å². The van der Waals surface area contributed by atoms with Gasteiger partial charge in [0.25, 0.3) is 5.91 Å². The van der Waals surface area contributed by atoms with E-state index < -0.39 is 0 Å². The predicted octanol–water partition coefficient (Wildman–Crippen LogP) is 5.32. The van der Waals surface area contributed by atoms with E-state index in [2.05, 4.69) is 27.9 Å². The number of carbonyl (C=O) groups is 1. The lowest BCUT2D eigenvalue weighted by atomic mass is 9.45. The number of amides is 1. The molecular formula is C26H34N4O. The first kappa shape index (κ1) is 19.4. The minimum Gasteiger partial charge on any atom is -0.367 e. The van der Waals surface area contributed by atoms with E-state index >= 15 is 0 Å². The zero-order valence-corrected chi connectivity index (χ0v) is 18.4. The summed E-state index contributed by atoms with van der Waals surface area (Å²) < 4.78 is 1.92. The minimum atomic E-state index is 0.0485. The third kappa shape index (κ3) is 3.46. The summed E-state index contributed by atoms with van der Waals surface area (Å²) in [6, 6.07) is 10.9. The molecule has 2 unspecified atom stereocenters. The van der Waals surface area contributed by atoms with E-state index in [1.165, 1.54) is 51.4 Å². The van der Waals surface area contributed by atoms with Crippen molar-refractivity contribution in [1.29, 1.82) is 0 Å². The van der Waals surface area contributed by atoms with Gasteiger partial charge in [-0.2, -0.15) is 5.10 Å². The van der Waals surface area contributed by atoms with Crippen molar-refractivity contribution in [2.24, 2.45) is 17.3 Å². The standard InChI is InChI=1S/C26H34N4O/c31-25(29-23-12-11-18-13-19-15-26(23,14-18)16-19)22-17-27-30(21-9-5-2-6-10-21)24(22)28-20-7-3-1-4-8-20/h2,5-6,9-10,17-20,23,28H,1,3-4,7-8,11-16H2,(H,29,31). The Hall–Kier alpha value is -2.30. The molecule has 5 saturated carbocycles. The summed E-state index contributed by atoms with van der Waals surface area (Å²) in [7, 11) is 0. The number of anilines is 1. The van der Waals surface area contributed by atoms with Crippen LogP contribution in [0.5, 0.6) is 0 Å². The number of carbonyl (C=O) groups excluding carboxylic acids is 1. The lowest BCUT2D eigenvalue weighted by Gasteiger charge is -2.62. The number of benzene rings is 1. The third-order valence-electron chi connectivity index (χ3n) is 8.62. The van der Waals surface area contributed by atoms with Crippen molar-refractivity contribution in [2.45, 2.75) is 82.7 Å². The first-order chi connectivity index (χ1) is 15.2. The van der Waals surface area contributed by atoms with Crippen LogP contribution in [-0.2, 0) is 0 Å². The molecule has 3 bridgehead atoms. The maximum atomic E-state index is 13.5. The summed E-state index contributed by atoms with van der Waals surface area (Å²) in [6.07, 6.45) is 15.7. The number of rotatable bonds is 5. The molecule has 5 aliphatic carbocycles. The van der Waals surface area contributed by atoms with Crippen LogP contribution in [0, 0.1) is 17.3 Å². The van der Waals surface area contributed by atoms with Crippen molar-refractivity contribution in [3.05, 3.63) is 42.1 Å². The minimum absolute atomic E-state index is 0.0485. The van der Waals surface area contributed by atoms with E-state index in [1.54, 1.807) is 6.20 Å². The second-order valence-corrected chi connectivity index (χ2v) is 10.7. The van der Waals surface area contributed by atoms with Gasteiger partial charge in [0, 0.05) is 12.1 Å². The van der Waals surface area contributed by atoms with Crippen LogP contribution in [-0.4, -0.2) is 27.8 Å². The Labute approximate surface area is 185 Å². The number of hydrogen-bond acceptors (Lipinski definition) is 3. The van der Waals surface area contributed by atoms with Crippen molar-refractivity contribution in [3.63, 3.8) is 0 Å². The molecule has 5 nitrogen and oxygen atoms in total. The summed E-state index contributed by atoms with van der Waals surface area (Å²) in [5.74, 6) is 2.73. The molecule has 2 N–H and O–H groups in total. The molecule has 2 atom stereocenters. The number of nitrogens with zero attached hydrogens (tertiary/aromatic N) is 2. The Morgan fingerprint density at radius 2 is 1.74 bits per heavy atom. The Balaban J connectivity index is 1.27. The van der Waals surface area contributed by atoms with Gasteiger partial charge in [-0.3, -0.25) is 4.79 Å². The average molecular weight is 419 g/mol. The molecule has 1 aromatic heterocycles. The van der Waals surface area contributed by atoms with Crippen molar-refractivity contribution < 1.29 is 4.79 Å². The molecule has 0 radical (unpaired) electrons. The fourth-order valence-corrected chi connectivity index (χ4v) is 7.23. The Kier molecular flexibility index (Phi) is 4.81. The van der Waals surface area contributed by atoms with Gasteiger partial charge >= 0.3 is 0 Å². The maximum Gasteiger partial charge on any atom is 0.256 e. The highest BCUT2D eigenvalue weighted by Gasteiger charge is 2.57. The van der Waals surface area contributed by atoms with Crippen LogP contribution in [0.1, 0.15) is 81.0 Å². The molecule has 5 heteroatoms. The topological polar surface area (TPSA) is 59.0 Å². The summed E-state index contributed by atoms with van der Waals surface area (Å²) in [5.41, 5.74) is 2.07. The van der Waals surface area contributed by atoms with Gasteiger partial charge in [-0.1, -0.05) is 37.5 Å². The SMILES string of the molecule is O=C(NC1CCC2CC3CC1(C2)C3)c1cnn(-c2ccccc2)c1NC1CCCCC1. The monoisotopic (exact) mass is 418 g/mol. The second-order valence-electron chi connectivity index (χ2n) is 10.7. The Morgan fingerprint density at radius 1 is 0.968 bits per heavy atom. The fourth-order valence-electron chi connectivity index (χ4n) is 7.23. The number of nitrogens with one attached hydrogen (secondary N) is 2. The summed E-state index contributed by atoms with van der Waals surface area (Å²) in [6.45, 7) is 0. The molecule has 1 aromatic carbocycles. The van der Waals surface area contributed by atoms with Crippen LogP contribution < -0.4 is 10.6 Å². The van der Waals surface area contributed by atoms with Crippen LogP contribution >= 0.6 is 0 Å². The molecule has 0 saturated heterocycles. The van der Waals surface area contributed by atoms with Gasteiger partial charge < -0.3 is 10.6 Å². The van der Waals surface area contributed by atoms with Gasteiger partial charge in [-0.05, 0) is 80.8 Å². The lowest BCUT2D eigenvalue weighted by molar-refractivity contribution is -0.0940. The van der Waals surface area contributed by atoms with Crippen molar-refractivity contribution in [3.8, 4) is 5.69 Å². The number of aromatic nitrogens is 2. The van der Waals surface area contributed by atoms with Gasteiger partial charge in [0.05, 0.1) is 11.9 Å². The Morgan fingerprint density at radius 3 is 2.55 bits per heavy atom. The molecular weight excluding hydrogens is 384 g/mol. The van der Waals surface area contributed by atoms with E-state index in [-0.39, 0.29) is 5.91 Å². The highest BCUT2D eigenvalue weighted by molar-refractivity contribution is 5.99. The predicted molar refractivity (Wildman–Crippen MR) is 122 cm³/mol. The fraction of sp³-hybridized carbons (Fsp3) is 0.615. The second kappa shape index (κ2) is 7.68. The molecule has 164 valence electrons. The van der Waals surface area contributed by atoms with Crippen LogP contribution in [0.25, 0.3) is 5.69 Å². The van der Waals surface area contributed by atoms with Crippen LogP contribution in [0.15, 0.2) is 36.5 Å². The molecule has 2 aromatic rings. The Bertz CT molecular complexity index is 940. The van der Waals surface area contributed by atoms with Crippen molar-refractivity contribution >= 4 is 11.7 Å².